The highest BCUT2D eigenvalue weighted by atomic mass is 127. The Labute approximate surface area is 56.0 Å². The minimum atomic E-state index is 0.810. The summed E-state index contributed by atoms with van der Waals surface area (Å²) in [6.07, 6.45) is 0. The molecule has 0 aromatic carbocycles. The van der Waals surface area contributed by atoms with Crippen molar-refractivity contribution in [2.45, 2.75) is 0 Å². The summed E-state index contributed by atoms with van der Waals surface area (Å²) < 4.78 is 1.03. The Morgan fingerprint density at radius 3 is 2.67 bits per heavy atom. The molecule has 34 valence electrons. The van der Waals surface area contributed by atoms with Crippen molar-refractivity contribution >= 4 is 40.0 Å². The fraction of sp³-hybridized carbons (Fsp3) is 0.667. The quantitative estimate of drug-likeness (QED) is 0.293. The van der Waals surface area contributed by atoms with E-state index >= 15 is 0 Å². The monoisotopic (exact) mass is 213 g/mol. The lowest BCUT2D eigenvalue weighted by Gasteiger charge is -1.71. The number of thiocarbonyl (C=S) groups is 1. The van der Waals surface area contributed by atoms with Crippen molar-refractivity contribution in [3.8, 4) is 0 Å². The first-order valence-corrected chi connectivity index (χ1v) is 3.45. The molecule has 0 N–H and O–H groups in total. The van der Waals surface area contributed by atoms with Crippen molar-refractivity contribution in [2.24, 2.45) is 4.99 Å². The van der Waals surface area contributed by atoms with Crippen LogP contribution in [-0.4, -0.2) is 16.1 Å². The van der Waals surface area contributed by atoms with E-state index < -0.39 is 0 Å². The van der Waals surface area contributed by atoms with Crippen LogP contribution < -0.4 is 0 Å². The Kier molecular flexibility index (Phi) is 6.02. The van der Waals surface area contributed by atoms with Crippen LogP contribution in [0.2, 0.25) is 0 Å². The fourth-order valence-corrected chi connectivity index (χ4v) is 0.420. The normalized spacial score (nSPS) is 6.83. The lowest BCUT2D eigenvalue weighted by molar-refractivity contribution is 1.18. The summed E-state index contributed by atoms with van der Waals surface area (Å²) >= 11 is 6.53. The molecule has 0 aliphatic carbocycles. The number of isothiocyanates is 1. The van der Waals surface area contributed by atoms with E-state index in [2.05, 4.69) is 45.0 Å². The van der Waals surface area contributed by atoms with Crippen molar-refractivity contribution < 1.29 is 0 Å². The molecule has 0 aliphatic heterocycles. The molecule has 0 radical (unpaired) electrons. The third-order valence-electron chi connectivity index (χ3n) is 0.261. The molecule has 0 spiro atoms. The molecule has 6 heavy (non-hydrogen) atoms. The molecule has 0 saturated carbocycles. The van der Waals surface area contributed by atoms with Gasteiger partial charge in [0.15, 0.2) is 0 Å². The molecule has 3 heteroatoms. The number of hydrogen-bond donors (Lipinski definition) is 0. The van der Waals surface area contributed by atoms with Gasteiger partial charge in [0, 0.05) is 4.43 Å². The van der Waals surface area contributed by atoms with Gasteiger partial charge in [-0.3, -0.25) is 0 Å². The van der Waals surface area contributed by atoms with E-state index in [-0.39, 0.29) is 0 Å². The van der Waals surface area contributed by atoms with Crippen LogP contribution >= 0.6 is 34.8 Å². The minimum Gasteiger partial charge on any atom is -0.232 e. The molecule has 0 aromatic rings. The second-order valence-corrected chi connectivity index (χ2v) is 1.92. The van der Waals surface area contributed by atoms with Gasteiger partial charge < -0.3 is 0 Å². The molecule has 0 heterocycles. The van der Waals surface area contributed by atoms with Crippen molar-refractivity contribution in [1.29, 1.82) is 0 Å². The standard InChI is InChI=1S/C3H4INS/c4-1-2-5-3-6/h1-2H2. The Balaban J connectivity index is 2.86. The first-order valence-electron chi connectivity index (χ1n) is 1.51. The molecule has 1 nitrogen and oxygen atoms in total. The second kappa shape index (κ2) is 5.53. The van der Waals surface area contributed by atoms with Crippen LogP contribution in [-0.2, 0) is 0 Å². The number of halogens is 1. The minimum absolute atomic E-state index is 0.810. The van der Waals surface area contributed by atoms with E-state index in [1.54, 1.807) is 0 Å². The van der Waals surface area contributed by atoms with Gasteiger partial charge in [-0.1, -0.05) is 22.6 Å². The van der Waals surface area contributed by atoms with Crippen molar-refractivity contribution in [2.75, 3.05) is 11.0 Å². The SMILES string of the molecule is S=C=NCCI. The molecular formula is C3H4INS. The molecule has 0 unspecified atom stereocenters. The molecule has 0 aliphatic rings. The molecule has 0 amide bonds. The highest BCUT2D eigenvalue weighted by Gasteiger charge is 1.66. The van der Waals surface area contributed by atoms with E-state index in [9.17, 15) is 0 Å². The molecule has 0 aromatic heterocycles. The van der Waals surface area contributed by atoms with Crippen LogP contribution in [0.5, 0.6) is 0 Å². The highest BCUT2D eigenvalue weighted by molar-refractivity contribution is 14.1. The predicted molar refractivity (Wildman–Crippen MR) is 38.8 cm³/mol. The summed E-state index contributed by atoms with van der Waals surface area (Å²) in [7, 11) is 0. The largest absolute Gasteiger partial charge is 0.232 e. The first-order chi connectivity index (χ1) is 2.91. The smallest absolute Gasteiger partial charge is 0.0585 e. The van der Waals surface area contributed by atoms with Gasteiger partial charge in [-0.25, -0.2) is 4.99 Å². The van der Waals surface area contributed by atoms with Crippen molar-refractivity contribution in [3.05, 3.63) is 0 Å². The topological polar surface area (TPSA) is 12.4 Å². The van der Waals surface area contributed by atoms with E-state index in [0.29, 0.717) is 0 Å². The van der Waals surface area contributed by atoms with Crippen LogP contribution in [0.4, 0.5) is 0 Å². The van der Waals surface area contributed by atoms with Gasteiger partial charge >= 0.3 is 0 Å². The lowest BCUT2D eigenvalue weighted by atomic mass is 10.8. The second-order valence-electron chi connectivity index (χ2n) is 0.662. The summed E-state index contributed by atoms with van der Waals surface area (Å²) in [5, 5.41) is 2.27. The maximum atomic E-state index is 4.30. The Morgan fingerprint density at radius 1 is 1.83 bits per heavy atom. The number of rotatable bonds is 2. The van der Waals surface area contributed by atoms with Gasteiger partial charge in [0.1, 0.15) is 0 Å². The Bertz CT molecular complexity index is 67.2. The number of aliphatic imine (C=N–C) groups is 1. The van der Waals surface area contributed by atoms with Crippen molar-refractivity contribution in [3.63, 3.8) is 0 Å². The number of alkyl halides is 1. The first kappa shape index (κ1) is 6.53. The molecule has 0 atom stereocenters. The molecule has 0 saturated heterocycles. The van der Waals surface area contributed by atoms with Gasteiger partial charge in [0.25, 0.3) is 0 Å². The third kappa shape index (κ3) is 4.53. The van der Waals surface area contributed by atoms with Gasteiger partial charge in [-0.2, -0.15) is 0 Å². The van der Waals surface area contributed by atoms with E-state index in [0.717, 1.165) is 11.0 Å². The van der Waals surface area contributed by atoms with Crippen LogP contribution in [0.15, 0.2) is 4.99 Å². The average molecular weight is 213 g/mol. The molecule has 0 fully saturated rings. The maximum Gasteiger partial charge on any atom is 0.0585 e. The lowest BCUT2D eigenvalue weighted by Crippen LogP contribution is -1.73. The number of hydrogen-bond acceptors (Lipinski definition) is 2. The summed E-state index contributed by atoms with van der Waals surface area (Å²) in [5.41, 5.74) is 0. The summed E-state index contributed by atoms with van der Waals surface area (Å²) in [6, 6.07) is 0. The van der Waals surface area contributed by atoms with Crippen LogP contribution in [0, 0.1) is 0 Å². The highest BCUT2D eigenvalue weighted by Crippen LogP contribution is 1.77. The third-order valence-corrected chi connectivity index (χ3v) is 0.872. The maximum absolute atomic E-state index is 4.30. The van der Waals surface area contributed by atoms with Gasteiger partial charge in [0.2, 0.25) is 0 Å². The zero-order chi connectivity index (χ0) is 4.83. The van der Waals surface area contributed by atoms with Gasteiger partial charge in [0.05, 0.1) is 11.7 Å². The summed E-state index contributed by atoms with van der Waals surface area (Å²) in [5.74, 6) is 0. The fourth-order valence-electron chi connectivity index (χ4n) is 0.0879. The van der Waals surface area contributed by atoms with Crippen LogP contribution in [0.1, 0.15) is 0 Å². The van der Waals surface area contributed by atoms with E-state index in [1.807, 2.05) is 0 Å². The van der Waals surface area contributed by atoms with Gasteiger partial charge in [-0.05, 0) is 12.2 Å². The zero-order valence-electron chi connectivity index (χ0n) is 3.15. The molecule has 0 bridgehead atoms. The van der Waals surface area contributed by atoms with Crippen molar-refractivity contribution in [1.82, 2.24) is 0 Å². The number of nitrogens with zero attached hydrogens (tertiary/aromatic N) is 1. The zero-order valence-corrected chi connectivity index (χ0v) is 6.12. The Hall–Kier alpha value is 0.530. The molecule has 0 rings (SSSR count). The van der Waals surface area contributed by atoms with Gasteiger partial charge in [-0.15, -0.1) is 0 Å². The van der Waals surface area contributed by atoms with E-state index in [4.69, 9.17) is 0 Å². The average Bonchev–Trinajstić information content (AvgIpc) is 1.61. The van der Waals surface area contributed by atoms with Crippen LogP contribution in [0.25, 0.3) is 0 Å². The summed E-state index contributed by atoms with van der Waals surface area (Å²) in [6.45, 7) is 0.810. The predicted octanol–water partition coefficient (Wildman–Crippen LogP) is 1.52. The van der Waals surface area contributed by atoms with Crippen LogP contribution in [0.3, 0.4) is 0 Å². The summed E-state index contributed by atoms with van der Waals surface area (Å²) in [4.78, 5) is 3.65. The van der Waals surface area contributed by atoms with E-state index in [1.165, 1.54) is 0 Å². The Morgan fingerprint density at radius 2 is 2.50 bits per heavy atom. The molecular weight excluding hydrogens is 209 g/mol.